The lowest BCUT2D eigenvalue weighted by Gasteiger charge is -2.22. The summed E-state index contributed by atoms with van der Waals surface area (Å²) in [5.41, 5.74) is 1.83. The number of benzene rings is 1. The lowest BCUT2D eigenvalue weighted by Crippen LogP contribution is -2.34. The molecule has 0 spiro atoms. The Morgan fingerprint density at radius 1 is 1.21 bits per heavy atom. The van der Waals surface area contributed by atoms with E-state index in [0.29, 0.717) is 17.1 Å². The molecule has 0 aliphatic heterocycles. The summed E-state index contributed by atoms with van der Waals surface area (Å²) in [6.07, 6.45) is 3.52. The molecule has 1 amide bonds. The zero-order chi connectivity index (χ0) is 20.8. The van der Waals surface area contributed by atoms with Crippen LogP contribution in [0.15, 0.2) is 59.7 Å². The molecule has 1 aromatic carbocycles. The first-order valence-corrected chi connectivity index (χ1v) is 9.40. The molecule has 2 aromatic heterocycles. The number of ether oxygens (including phenoxy) is 1. The maximum atomic E-state index is 12.6. The minimum Gasteiger partial charge on any atom is -0.497 e. The van der Waals surface area contributed by atoms with E-state index in [1.165, 1.54) is 6.07 Å². The first kappa shape index (κ1) is 20.3. The molecule has 1 atom stereocenters. The summed E-state index contributed by atoms with van der Waals surface area (Å²) in [6, 6.07) is 12.0. The minimum absolute atomic E-state index is 0.0471. The molecule has 3 rings (SSSR count). The maximum absolute atomic E-state index is 12.6. The van der Waals surface area contributed by atoms with Crippen molar-refractivity contribution in [1.29, 1.82) is 0 Å². The van der Waals surface area contributed by atoms with Gasteiger partial charge in [-0.15, -0.1) is 0 Å². The molecule has 1 unspecified atom stereocenters. The van der Waals surface area contributed by atoms with Crippen LogP contribution < -0.4 is 15.6 Å². The first-order chi connectivity index (χ1) is 14.0. The van der Waals surface area contributed by atoms with Crippen LogP contribution in [-0.2, 0) is 11.2 Å². The van der Waals surface area contributed by atoms with E-state index in [1.54, 1.807) is 25.6 Å². The van der Waals surface area contributed by atoms with E-state index in [2.05, 4.69) is 20.3 Å². The van der Waals surface area contributed by atoms with E-state index in [4.69, 9.17) is 4.74 Å². The van der Waals surface area contributed by atoms with Gasteiger partial charge in [-0.2, -0.15) is 0 Å². The van der Waals surface area contributed by atoms with Crippen molar-refractivity contribution in [2.24, 2.45) is 5.92 Å². The second kappa shape index (κ2) is 9.14. The van der Waals surface area contributed by atoms with Gasteiger partial charge in [0.2, 0.25) is 5.91 Å². The Kier molecular flexibility index (Phi) is 6.39. The normalized spacial score (nSPS) is 11.9. The molecule has 29 heavy (non-hydrogen) atoms. The van der Waals surface area contributed by atoms with E-state index in [-0.39, 0.29) is 23.8 Å². The highest BCUT2D eigenvalue weighted by molar-refractivity contribution is 5.79. The summed E-state index contributed by atoms with van der Waals surface area (Å²) in [7, 11) is 1.60. The number of nitrogens with zero attached hydrogens (tertiary/aromatic N) is 2. The molecular formula is C22H24N4O3. The van der Waals surface area contributed by atoms with Crippen molar-refractivity contribution in [2.75, 3.05) is 7.11 Å². The third-order valence-corrected chi connectivity index (χ3v) is 4.52. The molecule has 3 aromatic rings. The molecule has 0 saturated heterocycles. The molecule has 0 saturated carbocycles. The van der Waals surface area contributed by atoms with Crippen LogP contribution >= 0.6 is 0 Å². The van der Waals surface area contributed by atoms with Crippen molar-refractivity contribution in [1.82, 2.24) is 20.3 Å². The number of hydrogen-bond acceptors (Lipinski definition) is 5. The summed E-state index contributed by atoms with van der Waals surface area (Å²) >= 11 is 0. The Morgan fingerprint density at radius 2 is 1.97 bits per heavy atom. The standard InChI is InChI=1S/C22H24N4O3/c1-14(2)21(25-19(27)11-15-6-8-17(29-3)9-7-15)18-12-20(28)26-22(24-18)16-5-4-10-23-13-16/h4-10,12-14,21H,11H2,1-3H3,(H,25,27)(H,24,26,28). The average Bonchev–Trinajstić information content (AvgIpc) is 2.72. The van der Waals surface area contributed by atoms with E-state index in [1.807, 2.05) is 44.2 Å². The summed E-state index contributed by atoms with van der Waals surface area (Å²) in [6.45, 7) is 3.95. The predicted molar refractivity (Wildman–Crippen MR) is 111 cm³/mol. The lowest BCUT2D eigenvalue weighted by molar-refractivity contribution is -0.121. The van der Waals surface area contributed by atoms with Gasteiger partial charge in [0.1, 0.15) is 11.6 Å². The molecule has 0 fully saturated rings. The zero-order valence-corrected chi connectivity index (χ0v) is 16.7. The molecule has 2 heterocycles. The number of methoxy groups -OCH3 is 1. The fourth-order valence-corrected chi connectivity index (χ4v) is 3.01. The summed E-state index contributed by atoms with van der Waals surface area (Å²) in [5, 5.41) is 3.01. The second-order valence-electron chi connectivity index (χ2n) is 7.07. The number of aromatic amines is 1. The van der Waals surface area contributed by atoms with Crippen molar-refractivity contribution in [3.05, 3.63) is 76.5 Å². The van der Waals surface area contributed by atoms with Crippen molar-refractivity contribution >= 4 is 5.91 Å². The average molecular weight is 392 g/mol. The largest absolute Gasteiger partial charge is 0.497 e. The highest BCUT2D eigenvalue weighted by Crippen LogP contribution is 2.21. The van der Waals surface area contributed by atoms with Gasteiger partial charge < -0.3 is 15.0 Å². The van der Waals surface area contributed by atoms with Crippen LogP contribution in [0.3, 0.4) is 0 Å². The zero-order valence-electron chi connectivity index (χ0n) is 16.7. The number of carbonyl (C=O) groups is 1. The van der Waals surface area contributed by atoms with E-state index >= 15 is 0 Å². The third kappa shape index (κ3) is 5.28. The Bertz CT molecular complexity index is 1010. The molecule has 150 valence electrons. The fraction of sp³-hybridized carbons (Fsp3) is 0.273. The topological polar surface area (TPSA) is 97.0 Å². The van der Waals surface area contributed by atoms with Crippen LogP contribution in [0.1, 0.15) is 31.1 Å². The molecule has 0 bridgehead atoms. The number of rotatable bonds is 7. The molecule has 0 aliphatic rings. The number of aromatic nitrogens is 3. The number of nitrogens with one attached hydrogen (secondary N) is 2. The van der Waals surface area contributed by atoms with Crippen LogP contribution in [0, 0.1) is 5.92 Å². The Balaban J connectivity index is 1.81. The molecular weight excluding hydrogens is 368 g/mol. The van der Waals surface area contributed by atoms with Crippen LogP contribution in [0.25, 0.3) is 11.4 Å². The van der Waals surface area contributed by atoms with E-state index in [9.17, 15) is 9.59 Å². The monoisotopic (exact) mass is 392 g/mol. The summed E-state index contributed by atoms with van der Waals surface area (Å²) in [5.74, 6) is 1.07. The lowest BCUT2D eigenvalue weighted by atomic mass is 9.99. The maximum Gasteiger partial charge on any atom is 0.251 e. The van der Waals surface area contributed by atoms with Gasteiger partial charge in [-0.05, 0) is 35.7 Å². The van der Waals surface area contributed by atoms with Gasteiger partial charge in [0.05, 0.1) is 25.3 Å². The van der Waals surface area contributed by atoms with Gasteiger partial charge in [0.25, 0.3) is 5.56 Å². The molecule has 7 nitrogen and oxygen atoms in total. The molecule has 7 heteroatoms. The van der Waals surface area contributed by atoms with Gasteiger partial charge >= 0.3 is 0 Å². The van der Waals surface area contributed by atoms with Crippen LogP contribution in [0.2, 0.25) is 0 Å². The van der Waals surface area contributed by atoms with Crippen molar-refractivity contribution in [3.8, 4) is 17.1 Å². The fourth-order valence-electron chi connectivity index (χ4n) is 3.01. The number of H-pyrrole nitrogens is 1. The van der Waals surface area contributed by atoms with E-state index in [0.717, 1.165) is 11.3 Å². The van der Waals surface area contributed by atoms with Crippen molar-refractivity contribution in [3.63, 3.8) is 0 Å². The highest BCUT2D eigenvalue weighted by atomic mass is 16.5. The smallest absolute Gasteiger partial charge is 0.251 e. The van der Waals surface area contributed by atoms with Crippen LogP contribution in [0.4, 0.5) is 0 Å². The molecule has 0 radical (unpaired) electrons. The Morgan fingerprint density at radius 3 is 2.59 bits per heavy atom. The van der Waals surface area contributed by atoms with Gasteiger partial charge in [-0.1, -0.05) is 26.0 Å². The van der Waals surface area contributed by atoms with Crippen LogP contribution in [0.5, 0.6) is 5.75 Å². The summed E-state index contributed by atoms with van der Waals surface area (Å²) in [4.78, 5) is 36.2. The Labute approximate surface area is 169 Å². The summed E-state index contributed by atoms with van der Waals surface area (Å²) < 4.78 is 5.14. The third-order valence-electron chi connectivity index (χ3n) is 4.52. The quantitative estimate of drug-likeness (QED) is 0.644. The van der Waals surface area contributed by atoms with Crippen LogP contribution in [-0.4, -0.2) is 28.0 Å². The number of amides is 1. The highest BCUT2D eigenvalue weighted by Gasteiger charge is 2.21. The number of carbonyl (C=O) groups excluding carboxylic acids is 1. The SMILES string of the molecule is COc1ccc(CC(=O)NC(c2cc(=O)[nH]c(-c3cccnc3)n2)C(C)C)cc1. The second-order valence-corrected chi connectivity index (χ2v) is 7.07. The van der Waals surface area contributed by atoms with Gasteiger partial charge in [0, 0.05) is 24.0 Å². The number of hydrogen-bond donors (Lipinski definition) is 2. The van der Waals surface area contributed by atoms with Gasteiger partial charge in [-0.25, -0.2) is 4.98 Å². The Hall–Kier alpha value is -3.48. The van der Waals surface area contributed by atoms with Crippen molar-refractivity contribution in [2.45, 2.75) is 26.3 Å². The number of pyridine rings is 1. The van der Waals surface area contributed by atoms with Gasteiger partial charge in [-0.3, -0.25) is 14.6 Å². The predicted octanol–water partition coefficient (Wildman–Crippen LogP) is 2.90. The van der Waals surface area contributed by atoms with Crippen molar-refractivity contribution < 1.29 is 9.53 Å². The molecule has 0 aliphatic carbocycles. The van der Waals surface area contributed by atoms with Gasteiger partial charge in [0.15, 0.2) is 0 Å². The first-order valence-electron chi connectivity index (χ1n) is 9.40. The molecule has 2 N–H and O–H groups in total. The van der Waals surface area contributed by atoms with E-state index < -0.39 is 6.04 Å². The minimum atomic E-state index is -0.390.